The molecule has 1 aromatic heterocycles. The molecule has 0 bridgehead atoms. The summed E-state index contributed by atoms with van der Waals surface area (Å²) in [6.07, 6.45) is 5.79. The van der Waals surface area contributed by atoms with Crippen LogP contribution in [0.15, 0.2) is 36.5 Å². The predicted molar refractivity (Wildman–Crippen MR) is 71.9 cm³/mol. The molecule has 2 heterocycles. The molecule has 1 aliphatic heterocycles. The maximum atomic E-state index is 11.6. The number of ether oxygens (including phenoxy) is 1. The van der Waals surface area contributed by atoms with Crippen LogP contribution in [0.5, 0.6) is 5.75 Å². The Hall–Kier alpha value is -2.56. The van der Waals surface area contributed by atoms with Crippen molar-refractivity contribution in [1.82, 2.24) is 10.2 Å². The fraction of sp³-hybridized carbons (Fsp3) is 0.143. The number of H-pyrrole nitrogens is 1. The van der Waals surface area contributed by atoms with Crippen LogP contribution in [-0.2, 0) is 11.2 Å². The lowest BCUT2D eigenvalue weighted by molar-refractivity contribution is -0.111. The number of aromatic amines is 1. The fourth-order valence-electron chi connectivity index (χ4n) is 1.98. The molecule has 0 saturated carbocycles. The third kappa shape index (κ3) is 2.65. The number of benzene rings is 1. The van der Waals surface area contributed by atoms with Crippen LogP contribution in [0.4, 0.5) is 5.82 Å². The monoisotopic (exact) mass is 255 g/mol. The number of amides is 1. The number of nitrogens with one attached hydrogen (secondary N) is 2. The summed E-state index contributed by atoms with van der Waals surface area (Å²) in [4.78, 5) is 11.6. The van der Waals surface area contributed by atoms with Gasteiger partial charge in [0.2, 0.25) is 5.91 Å². The fourth-order valence-corrected chi connectivity index (χ4v) is 1.98. The number of nitrogens with zero attached hydrogens (tertiary/aromatic N) is 1. The first kappa shape index (κ1) is 11.5. The SMILES string of the molecule is O=C(/C=C/c1ccc2c(c1)CCO2)Nc1ccn[nH]1. The summed E-state index contributed by atoms with van der Waals surface area (Å²) in [5.41, 5.74) is 2.18. The van der Waals surface area contributed by atoms with E-state index in [0.717, 1.165) is 24.3 Å². The first-order valence-electron chi connectivity index (χ1n) is 6.05. The summed E-state index contributed by atoms with van der Waals surface area (Å²) >= 11 is 0. The number of carbonyl (C=O) groups is 1. The van der Waals surface area contributed by atoms with E-state index in [1.165, 1.54) is 11.6 Å². The molecule has 19 heavy (non-hydrogen) atoms. The molecule has 0 unspecified atom stereocenters. The zero-order valence-electron chi connectivity index (χ0n) is 10.2. The number of hydrogen-bond acceptors (Lipinski definition) is 3. The number of rotatable bonds is 3. The number of aromatic nitrogens is 2. The number of anilines is 1. The molecule has 1 amide bonds. The molecule has 0 saturated heterocycles. The van der Waals surface area contributed by atoms with Gasteiger partial charge in [-0.1, -0.05) is 6.07 Å². The minimum absolute atomic E-state index is 0.194. The average molecular weight is 255 g/mol. The topological polar surface area (TPSA) is 67.0 Å². The van der Waals surface area contributed by atoms with Gasteiger partial charge in [-0.05, 0) is 29.3 Å². The zero-order chi connectivity index (χ0) is 13.1. The Morgan fingerprint density at radius 1 is 1.42 bits per heavy atom. The maximum absolute atomic E-state index is 11.6. The van der Waals surface area contributed by atoms with Crippen molar-refractivity contribution in [1.29, 1.82) is 0 Å². The highest BCUT2D eigenvalue weighted by atomic mass is 16.5. The van der Waals surface area contributed by atoms with Crippen molar-refractivity contribution in [3.8, 4) is 5.75 Å². The molecule has 3 rings (SSSR count). The highest BCUT2D eigenvalue weighted by molar-refractivity contribution is 6.01. The third-order valence-electron chi connectivity index (χ3n) is 2.90. The van der Waals surface area contributed by atoms with Crippen molar-refractivity contribution in [2.75, 3.05) is 11.9 Å². The molecule has 0 fully saturated rings. The standard InChI is InChI=1S/C14H13N3O2/c18-14(16-13-5-7-15-17-13)4-2-10-1-3-12-11(9-10)6-8-19-12/h1-5,7,9H,6,8H2,(H2,15,16,17,18)/b4-2+. The highest BCUT2D eigenvalue weighted by Gasteiger charge is 2.11. The van der Waals surface area contributed by atoms with Gasteiger partial charge in [0, 0.05) is 18.6 Å². The Balaban J connectivity index is 1.67. The predicted octanol–water partition coefficient (Wildman–Crippen LogP) is 2.00. The lowest BCUT2D eigenvalue weighted by Gasteiger charge is -2.00. The van der Waals surface area contributed by atoms with Crippen LogP contribution in [0.3, 0.4) is 0 Å². The van der Waals surface area contributed by atoms with Crippen LogP contribution in [0.25, 0.3) is 6.08 Å². The third-order valence-corrected chi connectivity index (χ3v) is 2.90. The maximum Gasteiger partial charge on any atom is 0.249 e. The first-order valence-corrected chi connectivity index (χ1v) is 6.05. The average Bonchev–Trinajstić information content (AvgIpc) is 3.06. The van der Waals surface area contributed by atoms with Gasteiger partial charge in [-0.3, -0.25) is 9.89 Å². The van der Waals surface area contributed by atoms with Crippen molar-refractivity contribution in [2.24, 2.45) is 0 Å². The Morgan fingerprint density at radius 2 is 2.37 bits per heavy atom. The van der Waals surface area contributed by atoms with Gasteiger partial charge in [0.15, 0.2) is 0 Å². The highest BCUT2D eigenvalue weighted by Crippen LogP contribution is 2.26. The van der Waals surface area contributed by atoms with E-state index < -0.39 is 0 Å². The molecule has 1 aromatic carbocycles. The quantitative estimate of drug-likeness (QED) is 0.824. The Kier molecular flexibility index (Phi) is 3.02. The molecule has 96 valence electrons. The minimum Gasteiger partial charge on any atom is -0.493 e. The molecular formula is C14H13N3O2. The van der Waals surface area contributed by atoms with Crippen molar-refractivity contribution in [2.45, 2.75) is 6.42 Å². The van der Waals surface area contributed by atoms with Crippen molar-refractivity contribution in [3.05, 3.63) is 47.7 Å². The van der Waals surface area contributed by atoms with Crippen LogP contribution in [0.1, 0.15) is 11.1 Å². The van der Waals surface area contributed by atoms with Gasteiger partial charge >= 0.3 is 0 Å². The van der Waals surface area contributed by atoms with Crippen LogP contribution < -0.4 is 10.1 Å². The van der Waals surface area contributed by atoms with Crippen molar-refractivity contribution < 1.29 is 9.53 Å². The first-order chi connectivity index (χ1) is 9.31. The molecule has 5 nitrogen and oxygen atoms in total. The number of carbonyl (C=O) groups excluding carboxylic acids is 1. The molecular weight excluding hydrogens is 242 g/mol. The molecule has 0 spiro atoms. The van der Waals surface area contributed by atoms with E-state index in [1.807, 2.05) is 18.2 Å². The lowest BCUT2D eigenvalue weighted by atomic mass is 10.1. The second-order valence-corrected chi connectivity index (χ2v) is 4.26. The zero-order valence-corrected chi connectivity index (χ0v) is 10.2. The molecule has 0 atom stereocenters. The van der Waals surface area contributed by atoms with Gasteiger partial charge in [-0.2, -0.15) is 5.10 Å². The molecule has 5 heteroatoms. The van der Waals surface area contributed by atoms with Crippen LogP contribution in [0.2, 0.25) is 0 Å². The van der Waals surface area contributed by atoms with Crippen LogP contribution >= 0.6 is 0 Å². The number of hydrogen-bond donors (Lipinski definition) is 2. The summed E-state index contributed by atoms with van der Waals surface area (Å²) < 4.78 is 5.43. The van der Waals surface area contributed by atoms with E-state index >= 15 is 0 Å². The van der Waals surface area contributed by atoms with Crippen LogP contribution in [0, 0.1) is 0 Å². The second kappa shape index (κ2) is 4.97. The van der Waals surface area contributed by atoms with Gasteiger partial charge in [0.1, 0.15) is 11.6 Å². The number of fused-ring (bicyclic) bond motifs is 1. The van der Waals surface area contributed by atoms with Gasteiger partial charge in [-0.15, -0.1) is 0 Å². The molecule has 0 aliphatic carbocycles. The molecule has 1 aliphatic rings. The van der Waals surface area contributed by atoms with E-state index in [9.17, 15) is 4.79 Å². The Labute approximate surface area is 110 Å². The summed E-state index contributed by atoms with van der Waals surface area (Å²) in [6, 6.07) is 7.61. The van der Waals surface area contributed by atoms with Gasteiger partial charge < -0.3 is 10.1 Å². The Bertz CT molecular complexity index is 618. The van der Waals surface area contributed by atoms with Gasteiger partial charge in [-0.25, -0.2) is 0 Å². The summed E-state index contributed by atoms with van der Waals surface area (Å²) in [6.45, 7) is 0.739. The Morgan fingerprint density at radius 3 is 3.21 bits per heavy atom. The molecule has 2 aromatic rings. The van der Waals surface area contributed by atoms with E-state index in [4.69, 9.17) is 4.74 Å². The molecule has 0 radical (unpaired) electrons. The normalized spacial score (nSPS) is 13.3. The van der Waals surface area contributed by atoms with E-state index in [1.54, 1.807) is 18.3 Å². The second-order valence-electron chi connectivity index (χ2n) is 4.26. The summed E-state index contributed by atoms with van der Waals surface area (Å²) in [5, 5.41) is 9.10. The summed E-state index contributed by atoms with van der Waals surface area (Å²) in [7, 11) is 0. The van der Waals surface area contributed by atoms with Crippen molar-refractivity contribution in [3.63, 3.8) is 0 Å². The van der Waals surface area contributed by atoms with Crippen molar-refractivity contribution >= 4 is 17.8 Å². The van der Waals surface area contributed by atoms with Crippen LogP contribution in [-0.4, -0.2) is 22.7 Å². The van der Waals surface area contributed by atoms with Gasteiger partial charge in [0.25, 0.3) is 0 Å². The van der Waals surface area contributed by atoms with Gasteiger partial charge in [0.05, 0.1) is 12.8 Å². The summed E-state index contributed by atoms with van der Waals surface area (Å²) in [5.74, 6) is 1.33. The molecule has 2 N–H and O–H groups in total. The minimum atomic E-state index is -0.194. The smallest absolute Gasteiger partial charge is 0.249 e. The lowest BCUT2D eigenvalue weighted by Crippen LogP contribution is -2.07. The van der Waals surface area contributed by atoms with E-state index in [2.05, 4.69) is 15.5 Å². The largest absolute Gasteiger partial charge is 0.493 e. The van der Waals surface area contributed by atoms with E-state index in [-0.39, 0.29) is 5.91 Å². The van der Waals surface area contributed by atoms with E-state index in [0.29, 0.717) is 5.82 Å².